The highest BCUT2D eigenvalue weighted by molar-refractivity contribution is 6.25. The van der Waals surface area contributed by atoms with E-state index in [1.807, 2.05) is 12.1 Å². The van der Waals surface area contributed by atoms with Crippen LogP contribution in [0.4, 0.5) is 34.1 Å². The first-order chi connectivity index (χ1) is 34.7. The molecule has 0 bridgehead atoms. The lowest BCUT2D eigenvalue weighted by Gasteiger charge is -2.30. The first kappa shape index (κ1) is 39.8. The molecule has 0 N–H and O–H groups in total. The molecule has 1 aliphatic heterocycles. The van der Waals surface area contributed by atoms with Crippen LogP contribution < -0.4 is 14.5 Å². The van der Waals surface area contributed by atoms with E-state index in [0.717, 1.165) is 95.2 Å². The molecule has 1 aromatic heterocycles. The summed E-state index contributed by atoms with van der Waals surface area (Å²) in [5, 5.41) is 9.32. The molecule has 70 heavy (non-hydrogen) atoms. The van der Waals surface area contributed by atoms with Crippen LogP contribution in [0.25, 0.3) is 87.6 Å². The van der Waals surface area contributed by atoms with E-state index < -0.39 is 0 Å². The van der Waals surface area contributed by atoms with E-state index in [1.165, 1.54) is 38.1 Å². The molecule has 0 saturated heterocycles. The monoisotopic (exact) mass is 894 g/mol. The molecule has 0 radical (unpaired) electrons. The first-order valence-corrected chi connectivity index (χ1v) is 23.8. The van der Waals surface area contributed by atoms with Crippen molar-refractivity contribution in [3.8, 4) is 44.9 Å². The van der Waals surface area contributed by atoms with Gasteiger partial charge in [0.1, 0.15) is 17.1 Å². The Balaban J connectivity index is 0.897. The minimum absolute atomic E-state index is 0.831. The van der Waals surface area contributed by atoms with E-state index in [0.29, 0.717) is 0 Å². The summed E-state index contributed by atoms with van der Waals surface area (Å²) in [6.07, 6.45) is 0. The molecule has 0 atom stereocenters. The summed E-state index contributed by atoms with van der Waals surface area (Å²) < 4.78 is 13.6. The summed E-state index contributed by atoms with van der Waals surface area (Å²) in [6.45, 7) is 0. The molecule has 328 valence electrons. The number of nitrogens with zero attached hydrogens (tertiary/aromatic N) is 2. The molecule has 13 aromatic rings. The summed E-state index contributed by atoms with van der Waals surface area (Å²) in [5.41, 5.74) is 14.9. The molecule has 0 amide bonds. The van der Waals surface area contributed by atoms with Gasteiger partial charge in [-0.05, 0) is 134 Å². The molecule has 0 spiro atoms. The van der Waals surface area contributed by atoms with Gasteiger partial charge in [-0.1, -0.05) is 164 Å². The fourth-order valence-corrected chi connectivity index (χ4v) is 10.9. The lowest BCUT2D eigenvalue weighted by atomic mass is 9.86. The van der Waals surface area contributed by atoms with Crippen molar-refractivity contribution in [2.24, 2.45) is 0 Å². The summed E-state index contributed by atoms with van der Waals surface area (Å²) in [5.74, 6) is 1.69. The maximum absolute atomic E-state index is 6.99. The highest BCUT2D eigenvalue weighted by atomic mass is 16.5. The molecule has 12 aromatic carbocycles. The molecular weight excluding hydrogens is 853 g/mol. The van der Waals surface area contributed by atoms with Gasteiger partial charge in [-0.3, -0.25) is 0 Å². The fourth-order valence-electron chi connectivity index (χ4n) is 10.9. The highest BCUT2D eigenvalue weighted by Gasteiger charge is 2.26. The van der Waals surface area contributed by atoms with Gasteiger partial charge in [0.05, 0.1) is 11.4 Å². The largest absolute Gasteiger partial charge is 0.456 e. The van der Waals surface area contributed by atoms with Crippen LogP contribution in [-0.2, 0) is 0 Å². The van der Waals surface area contributed by atoms with Gasteiger partial charge in [0.15, 0.2) is 5.58 Å². The van der Waals surface area contributed by atoms with Gasteiger partial charge in [0, 0.05) is 56.1 Å². The number of fused-ring (bicyclic) bond motifs is 9. The Hall–Kier alpha value is -9.38. The number of para-hydroxylation sites is 5. The topological polar surface area (TPSA) is 28.9 Å². The van der Waals surface area contributed by atoms with Crippen molar-refractivity contribution >= 4 is 88.4 Å². The summed E-state index contributed by atoms with van der Waals surface area (Å²) in [4.78, 5) is 4.63. The molecule has 2 heterocycles. The van der Waals surface area contributed by atoms with Crippen molar-refractivity contribution in [2.75, 3.05) is 9.80 Å². The zero-order chi connectivity index (χ0) is 46.1. The molecule has 0 aliphatic carbocycles. The molecule has 0 fully saturated rings. The average molecular weight is 895 g/mol. The van der Waals surface area contributed by atoms with Crippen LogP contribution in [-0.4, -0.2) is 0 Å². The first-order valence-electron chi connectivity index (χ1n) is 23.8. The molecule has 0 saturated carbocycles. The SMILES string of the molecule is c1ccc(-c2ccccc2N(c2ccccc2)c2ccc3c(c2)Oc2cccc4c2c-3cc2c3ccccc3c(-c3ccc(N(c5ccccc5)c5cccc6c5oc5ccccc56)cc3)cc42)cc1. The Morgan fingerprint density at radius 1 is 0.271 bits per heavy atom. The van der Waals surface area contributed by atoms with E-state index in [1.54, 1.807) is 0 Å². The van der Waals surface area contributed by atoms with Crippen LogP contribution in [0.1, 0.15) is 0 Å². The molecule has 4 heteroatoms. The maximum atomic E-state index is 6.99. The highest BCUT2D eigenvalue weighted by Crippen LogP contribution is 2.53. The maximum Gasteiger partial charge on any atom is 0.159 e. The Kier molecular flexibility index (Phi) is 9.17. The second-order valence-electron chi connectivity index (χ2n) is 18.0. The van der Waals surface area contributed by atoms with Crippen LogP contribution in [0.2, 0.25) is 0 Å². The van der Waals surface area contributed by atoms with E-state index in [9.17, 15) is 0 Å². The zero-order valence-electron chi connectivity index (χ0n) is 38.0. The predicted molar refractivity (Wildman–Crippen MR) is 292 cm³/mol. The van der Waals surface area contributed by atoms with Crippen molar-refractivity contribution in [3.63, 3.8) is 0 Å². The Bertz CT molecular complexity index is 4150. The van der Waals surface area contributed by atoms with E-state index >= 15 is 0 Å². The number of ether oxygens (including phenoxy) is 1. The smallest absolute Gasteiger partial charge is 0.159 e. The molecule has 4 nitrogen and oxygen atoms in total. The number of benzene rings is 12. The Labute approximate surface area is 405 Å². The second-order valence-corrected chi connectivity index (χ2v) is 18.0. The average Bonchev–Trinajstić information content (AvgIpc) is 3.82. The third-order valence-corrected chi connectivity index (χ3v) is 14.0. The van der Waals surface area contributed by atoms with E-state index in [-0.39, 0.29) is 0 Å². The van der Waals surface area contributed by atoms with Gasteiger partial charge >= 0.3 is 0 Å². The minimum atomic E-state index is 0.831. The predicted octanol–water partition coefficient (Wildman–Crippen LogP) is 19.1. The zero-order valence-corrected chi connectivity index (χ0v) is 38.0. The van der Waals surface area contributed by atoms with Crippen LogP contribution in [0.15, 0.2) is 259 Å². The Morgan fingerprint density at radius 3 is 1.60 bits per heavy atom. The second kappa shape index (κ2) is 16.2. The number of rotatable bonds is 8. The van der Waals surface area contributed by atoms with Crippen LogP contribution in [0, 0.1) is 0 Å². The molecule has 14 rings (SSSR count). The van der Waals surface area contributed by atoms with E-state index in [2.05, 4.69) is 252 Å². The van der Waals surface area contributed by atoms with Gasteiger partial charge in [0.25, 0.3) is 0 Å². The third-order valence-electron chi connectivity index (χ3n) is 14.0. The van der Waals surface area contributed by atoms with Gasteiger partial charge in [-0.15, -0.1) is 0 Å². The normalized spacial score (nSPS) is 11.8. The quantitative estimate of drug-likeness (QED) is 0.142. The fraction of sp³-hybridized carbons (Fsp3) is 0. The molecule has 1 aliphatic rings. The third kappa shape index (κ3) is 6.38. The van der Waals surface area contributed by atoms with E-state index in [4.69, 9.17) is 9.15 Å². The van der Waals surface area contributed by atoms with Crippen molar-refractivity contribution < 1.29 is 9.15 Å². The number of furan rings is 1. The van der Waals surface area contributed by atoms with Crippen LogP contribution in [0.3, 0.4) is 0 Å². The van der Waals surface area contributed by atoms with Gasteiger partial charge in [0.2, 0.25) is 0 Å². The van der Waals surface area contributed by atoms with Crippen LogP contribution >= 0.6 is 0 Å². The number of hydrogen-bond acceptors (Lipinski definition) is 4. The lowest BCUT2D eigenvalue weighted by molar-refractivity contribution is 0.487. The Morgan fingerprint density at radius 2 is 0.814 bits per heavy atom. The van der Waals surface area contributed by atoms with Crippen molar-refractivity contribution in [1.82, 2.24) is 0 Å². The van der Waals surface area contributed by atoms with Gasteiger partial charge in [-0.2, -0.15) is 0 Å². The van der Waals surface area contributed by atoms with Gasteiger partial charge < -0.3 is 19.0 Å². The molecule has 0 unspecified atom stereocenters. The summed E-state index contributed by atoms with van der Waals surface area (Å²) in [7, 11) is 0. The standard InChI is InChI=1S/C66H42N2O2/c1-4-18-43(19-5-1)49-24-12-14-30-60(49)68(46-22-8-3-9-23-46)48-38-39-53-59-42-57-51-26-11-10-25-50(51)56(41-58(57)54-28-17-33-63(65(54)59)69-64(53)40-48)44-34-36-47(37-35-44)67(45-20-6-2-7-21-45)61-31-16-29-55-52-27-13-15-32-62(52)70-66(55)61/h1-42H. The lowest BCUT2D eigenvalue weighted by Crippen LogP contribution is -2.11. The van der Waals surface area contributed by atoms with Gasteiger partial charge in [-0.25, -0.2) is 0 Å². The number of hydrogen-bond donors (Lipinski definition) is 0. The van der Waals surface area contributed by atoms with Crippen molar-refractivity contribution in [1.29, 1.82) is 0 Å². The molecular formula is C66H42N2O2. The minimum Gasteiger partial charge on any atom is -0.456 e. The number of anilines is 6. The van der Waals surface area contributed by atoms with Crippen molar-refractivity contribution in [3.05, 3.63) is 255 Å². The summed E-state index contributed by atoms with van der Waals surface area (Å²) in [6, 6.07) is 90.9. The summed E-state index contributed by atoms with van der Waals surface area (Å²) >= 11 is 0. The van der Waals surface area contributed by atoms with Crippen LogP contribution in [0.5, 0.6) is 11.5 Å². The van der Waals surface area contributed by atoms with Crippen molar-refractivity contribution in [2.45, 2.75) is 0 Å².